The number of aromatic nitrogens is 1. The summed E-state index contributed by atoms with van der Waals surface area (Å²) in [5, 5.41) is 6.46. The summed E-state index contributed by atoms with van der Waals surface area (Å²) in [7, 11) is 0. The van der Waals surface area contributed by atoms with Gasteiger partial charge in [0.2, 0.25) is 0 Å². The van der Waals surface area contributed by atoms with E-state index in [1.54, 1.807) is 11.3 Å². The maximum atomic E-state index is 13.0. The number of hydrogen-bond acceptors (Lipinski definition) is 6. The highest BCUT2D eigenvalue weighted by molar-refractivity contribution is 7.13. The van der Waals surface area contributed by atoms with Crippen LogP contribution in [-0.2, 0) is 4.79 Å². The molecule has 1 N–H and O–H groups in total. The quantitative estimate of drug-likeness (QED) is 0.776. The predicted octanol–water partition coefficient (Wildman–Crippen LogP) is 4.00. The molecule has 1 aliphatic heterocycles. The smallest absolute Gasteiger partial charge is 0.154 e. The number of carbonyl (C=O) groups is 1. The van der Waals surface area contributed by atoms with Gasteiger partial charge in [0.15, 0.2) is 5.78 Å². The first-order valence-corrected chi connectivity index (χ1v) is 11.7. The Hall–Kier alpha value is -1.76. The molecule has 4 rings (SSSR count). The number of hydrogen-bond donors (Lipinski definition) is 1. The van der Waals surface area contributed by atoms with E-state index in [2.05, 4.69) is 41.2 Å². The molecule has 29 heavy (non-hydrogen) atoms. The van der Waals surface area contributed by atoms with Gasteiger partial charge >= 0.3 is 0 Å². The summed E-state index contributed by atoms with van der Waals surface area (Å²) in [6, 6.07) is 8.68. The average molecular weight is 414 g/mol. The molecule has 1 atom stereocenters. The fraction of sp³-hybridized carbons (Fsp3) is 0.565. The second-order valence-electron chi connectivity index (χ2n) is 8.45. The van der Waals surface area contributed by atoms with Crippen molar-refractivity contribution in [3.8, 4) is 16.3 Å². The van der Waals surface area contributed by atoms with E-state index in [1.807, 2.05) is 23.7 Å². The van der Waals surface area contributed by atoms with E-state index in [0.717, 1.165) is 61.6 Å². The molecule has 2 fully saturated rings. The zero-order chi connectivity index (χ0) is 20.2. The van der Waals surface area contributed by atoms with Crippen LogP contribution in [0.25, 0.3) is 10.6 Å². The van der Waals surface area contributed by atoms with Gasteiger partial charge in [0.25, 0.3) is 0 Å². The van der Waals surface area contributed by atoms with Crippen LogP contribution in [0.1, 0.15) is 39.5 Å². The molecule has 1 saturated carbocycles. The molecular weight excluding hydrogens is 382 g/mol. The fourth-order valence-corrected chi connectivity index (χ4v) is 5.06. The first-order chi connectivity index (χ1) is 14.1. The lowest BCUT2D eigenvalue weighted by atomic mass is 9.82. The van der Waals surface area contributed by atoms with E-state index in [-0.39, 0.29) is 18.1 Å². The Labute approximate surface area is 177 Å². The van der Waals surface area contributed by atoms with Crippen molar-refractivity contribution < 1.29 is 9.53 Å². The normalized spacial score (nSPS) is 25.8. The highest BCUT2D eigenvalue weighted by Crippen LogP contribution is 2.30. The van der Waals surface area contributed by atoms with E-state index in [0.29, 0.717) is 11.8 Å². The number of nitrogens with one attached hydrogen (secondary N) is 1. The number of piperazine rings is 1. The molecule has 1 aromatic carbocycles. The molecule has 0 radical (unpaired) electrons. The Morgan fingerprint density at radius 2 is 1.97 bits per heavy atom. The zero-order valence-corrected chi connectivity index (χ0v) is 18.2. The van der Waals surface area contributed by atoms with Crippen molar-refractivity contribution in [2.24, 2.45) is 5.92 Å². The summed E-state index contributed by atoms with van der Waals surface area (Å²) >= 11 is 1.64. The highest BCUT2D eigenvalue weighted by atomic mass is 32.1. The van der Waals surface area contributed by atoms with Crippen LogP contribution in [0.2, 0.25) is 0 Å². The molecule has 6 heteroatoms. The van der Waals surface area contributed by atoms with Crippen molar-refractivity contribution in [2.45, 2.75) is 57.7 Å². The minimum Gasteiger partial charge on any atom is -0.490 e. The molecule has 2 aliphatic rings. The van der Waals surface area contributed by atoms with E-state index in [4.69, 9.17) is 4.74 Å². The van der Waals surface area contributed by atoms with Gasteiger partial charge in [-0.05, 0) is 63.8 Å². The van der Waals surface area contributed by atoms with Crippen molar-refractivity contribution in [3.63, 3.8) is 0 Å². The zero-order valence-electron chi connectivity index (χ0n) is 17.3. The third kappa shape index (κ3) is 5.05. The molecule has 156 valence electrons. The van der Waals surface area contributed by atoms with Crippen LogP contribution >= 0.6 is 11.3 Å². The van der Waals surface area contributed by atoms with Crippen molar-refractivity contribution in [3.05, 3.63) is 35.8 Å². The second-order valence-corrected chi connectivity index (χ2v) is 9.35. The monoisotopic (exact) mass is 413 g/mol. The number of benzene rings is 1. The van der Waals surface area contributed by atoms with Gasteiger partial charge in [-0.3, -0.25) is 9.69 Å². The Kier molecular flexibility index (Phi) is 6.63. The number of ether oxygens (including phenoxy) is 1. The summed E-state index contributed by atoms with van der Waals surface area (Å²) < 4.78 is 6.20. The lowest BCUT2D eigenvalue weighted by molar-refractivity contribution is -0.127. The van der Waals surface area contributed by atoms with Gasteiger partial charge in [0.1, 0.15) is 10.8 Å². The Bertz CT molecular complexity index is 783. The highest BCUT2D eigenvalue weighted by Gasteiger charge is 2.34. The molecule has 2 aromatic rings. The summed E-state index contributed by atoms with van der Waals surface area (Å²) in [5.41, 5.74) is 1.12. The largest absolute Gasteiger partial charge is 0.490 e. The number of ketones is 1. The Morgan fingerprint density at radius 3 is 2.62 bits per heavy atom. The number of carbonyl (C=O) groups excluding carboxylic acids is 1. The van der Waals surface area contributed by atoms with Gasteiger partial charge in [0.05, 0.1) is 12.1 Å². The second kappa shape index (κ2) is 9.37. The number of nitrogens with zero attached hydrogens (tertiary/aromatic N) is 2. The summed E-state index contributed by atoms with van der Waals surface area (Å²) in [6.45, 7) is 7.20. The van der Waals surface area contributed by atoms with Gasteiger partial charge < -0.3 is 10.1 Å². The van der Waals surface area contributed by atoms with E-state index < -0.39 is 0 Å². The van der Waals surface area contributed by atoms with Crippen LogP contribution < -0.4 is 10.1 Å². The molecule has 1 aromatic heterocycles. The molecule has 0 amide bonds. The molecule has 2 heterocycles. The molecule has 5 nitrogen and oxygen atoms in total. The number of rotatable bonds is 6. The van der Waals surface area contributed by atoms with Crippen LogP contribution in [0.4, 0.5) is 0 Å². The van der Waals surface area contributed by atoms with Crippen molar-refractivity contribution >= 4 is 17.1 Å². The van der Waals surface area contributed by atoms with Gasteiger partial charge in [-0.25, -0.2) is 4.98 Å². The third-order valence-corrected chi connectivity index (χ3v) is 7.02. The van der Waals surface area contributed by atoms with Crippen LogP contribution in [0.3, 0.4) is 0 Å². The fourth-order valence-electron chi connectivity index (χ4n) is 4.42. The van der Waals surface area contributed by atoms with Gasteiger partial charge in [0, 0.05) is 48.7 Å². The molecular formula is C23H31N3O2S. The average Bonchev–Trinajstić information content (AvgIpc) is 3.29. The van der Waals surface area contributed by atoms with Crippen LogP contribution in [0.5, 0.6) is 5.75 Å². The lowest BCUT2D eigenvalue weighted by Gasteiger charge is -2.37. The summed E-state index contributed by atoms with van der Waals surface area (Å²) in [6.07, 6.45) is 5.79. The van der Waals surface area contributed by atoms with Crippen LogP contribution in [0.15, 0.2) is 35.8 Å². The topological polar surface area (TPSA) is 54.5 Å². The van der Waals surface area contributed by atoms with E-state index in [9.17, 15) is 4.79 Å². The third-order valence-electron chi connectivity index (χ3n) is 6.19. The Morgan fingerprint density at radius 1 is 1.21 bits per heavy atom. The van der Waals surface area contributed by atoms with E-state index in [1.165, 1.54) is 0 Å². The molecule has 1 unspecified atom stereocenters. The maximum absolute atomic E-state index is 13.0. The van der Waals surface area contributed by atoms with Gasteiger partial charge in [-0.15, -0.1) is 11.3 Å². The van der Waals surface area contributed by atoms with Crippen molar-refractivity contribution in [1.29, 1.82) is 0 Å². The van der Waals surface area contributed by atoms with E-state index >= 15 is 0 Å². The predicted molar refractivity (Wildman–Crippen MR) is 117 cm³/mol. The maximum Gasteiger partial charge on any atom is 0.154 e. The van der Waals surface area contributed by atoms with Gasteiger partial charge in [-0.1, -0.05) is 0 Å². The lowest BCUT2D eigenvalue weighted by Crippen LogP contribution is -2.57. The first kappa shape index (κ1) is 20.5. The van der Waals surface area contributed by atoms with Crippen molar-refractivity contribution in [2.75, 3.05) is 19.6 Å². The SMILES string of the molecule is CC(C)N1CCNC(C(=O)C2CCC(Oc3ccc(-c4nccs4)cc3)CC2)C1. The number of thiazole rings is 1. The summed E-state index contributed by atoms with van der Waals surface area (Å²) in [5.74, 6) is 1.48. The van der Waals surface area contributed by atoms with Crippen molar-refractivity contribution in [1.82, 2.24) is 15.2 Å². The molecule has 0 spiro atoms. The molecule has 1 saturated heterocycles. The minimum absolute atomic E-state index is 0.00739. The van der Waals surface area contributed by atoms with Gasteiger partial charge in [-0.2, -0.15) is 0 Å². The van der Waals surface area contributed by atoms with Crippen LogP contribution in [-0.4, -0.2) is 53.5 Å². The summed E-state index contributed by atoms with van der Waals surface area (Å²) in [4.78, 5) is 19.8. The molecule has 1 aliphatic carbocycles. The van der Waals surface area contributed by atoms with Crippen LogP contribution in [0, 0.1) is 5.92 Å². The molecule has 0 bridgehead atoms. The number of Topliss-reactive ketones (excluding diaryl/α,β-unsaturated/α-hetero) is 1. The first-order valence-electron chi connectivity index (χ1n) is 10.8. The standard InChI is InChI=1S/C23H31N3O2S/c1-16(2)26-13-11-24-21(15-26)22(27)17-3-7-19(8-4-17)28-20-9-5-18(6-10-20)23-25-12-14-29-23/h5-6,9-10,12,14,16-17,19,21,24H,3-4,7-8,11,13,15H2,1-2H3. The minimum atomic E-state index is -0.00739. The Balaban J connectivity index is 1.26.